The van der Waals surface area contributed by atoms with Crippen LogP contribution in [0, 0.1) is 0 Å². The third-order valence-corrected chi connectivity index (χ3v) is 1.60. The molecule has 0 aliphatic rings. The van der Waals surface area contributed by atoms with Gasteiger partial charge in [0.2, 0.25) is 0 Å². The summed E-state index contributed by atoms with van der Waals surface area (Å²) in [4.78, 5) is 20.8. The summed E-state index contributed by atoms with van der Waals surface area (Å²) >= 11 is 0. The molecule has 70 valence electrons. The van der Waals surface area contributed by atoms with Crippen molar-refractivity contribution in [1.29, 1.82) is 0 Å². The molecule has 0 saturated heterocycles. The molecular formula is C9H13N3O. The van der Waals surface area contributed by atoms with Crippen LogP contribution in [0.15, 0.2) is 12.4 Å². The third-order valence-electron chi connectivity index (χ3n) is 1.60. The molecule has 0 N–H and O–H groups in total. The van der Waals surface area contributed by atoms with E-state index in [9.17, 15) is 4.79 Å². The first-order chi connectivity index (χ1) is 6.09. The zero-order valence-corrected chi connectivity index (χ0v) is 8.11. The minimum absolute atomic E-state index is 0.114. The van der Waals surface area contributed by atoms with E-state index in [1.807, 2.05) is 25.1 Å². The average Bonchev–Trinajstić information content (AvgIpc) is 2.03. The topological polar surface area (TPSA) is 46.1 Å². The predicted molar refractivity (Wildman–Crippen MR) is 50.7 cm³/mol. The van der Waals surface area contributed by atoms with Crippen LogP contribution < -0.4 is 4.90 Å². The van der Waals surface area contributed by atoms with Crippen LogP contribution in [-0.2, 0) is 11.2 Å². The van der Waals surface area contributed by atoms with E-state index in [4.69, 9.17) is 0 Å². The van der Waals surface area contributed by atoms with Gasteiger partial charge in [0.1, 0.15) is 17.9 Å². The van der Waals surface area contributed by atoms with Crippen molar-refractivity contribution in [3.8, 4) is 0 Å². The monoisotopic (exact) mass is 179 g/mol. The Morgan fingerprint density at radius 1 is 1.46 bits per heavy atom. The highest BCUT2D eigenvalue weighted by molar-refractivity contribution is 5.77. The maximum atomic E-state index is 10.8. The lowest BCUT2D eigenvalue weighted by Crippen LogP contribution is -2.12. The molecule has 0 aliphatic carbocycles. The van der Waals surface area contributed by atoms with Gasteiger partial charge >= 0.3 is 0 Å². The Kier molecular flexibility index (Phi) is 2.95. The first-order valence-electron chi connectivity index (χ1n) is 4.07. The van der Waals surface area contributed by atoms with E-state index in [0.29, 0.717) is 6.42 Å². The standard InChI is InChI=1S/C9H13N3O/c1-7(13)4-8-5-9(12(2)3)11-6-10-8/h5-6H,4H2,1-3H3. The molecule has 1 aromatic heterocycles. The molecular weight excluding hydrogens is 166 g/mol. The van der Waals surface area contributed by atoms with Crippen molar-refractivity contribution in [2.24, 2.45) is 0 Å². The van der Waals surface area contributed by atoms with Crippen LogP contribution in [0.25, 0.3) is 0 Å². The van der Waals surface area contributed by atoms with E-state index < -0.39 is 0 Å². The third kappa shape index (κ3) is 2.82. The van der Waals surface area contributed by atoms with Gasteiger partial charge in [-0.15, -0.1) is 0 Å². The van der Waals surface area contributed by atoms with Crippen LogP contribution in [0.5, 0.6) is 0 Å². The molecule has 0 saturated carbocycles. The number of carbonyl (C=O) groups is 1. The molecule has 1 heterocycles. The number of anilines is 1. The van der Waals surface area contributed by atoms with Crippen molar-refractivity contribution < 1.29 is 4.79 Å². The Morgan fingerprint density at radius 3 is 2.69 bits per heavy atom. The predicted octanol–water partition coefficient (Wildman–Crippen LogP) is 0.674. The van der Waals surface area contributed by atoms with Crippen LogP contribution in [0.3, 0.4) is 0 Å². The number of Topliss-reactive ketones (excluding diaryl/α,β-unsaturated/α-hetero) is 1. The first-order valence-corrected chi connectivity index (χ1v) is 4.07. The summed E-state index contributed by atoms with van der Waals surface area (Å²) in [6.07, 6.45) is 1.86. The van der Waals surface area contributed by atoms with Crippen molar-refractivity contribution in [2.45, 2.75) is 13.3 Å². The number of hydrogen-bond acceptors (Lipinski definition) is 4. The quantitative estimate of drug-likeness (QED) is 0.684. The van der Waals surface area contributed by atoms with Gasteiger partial charge in [0.15, 0.2) is 0 Å². The molecule has 4 nitrogen and oxygen atoms in total. The lowest BCUT2D eigenvalue weighted by molar-refractivity contribution is -0.116. The van der Waals surface area contributed by atoms with Crippen molar-refractivity contribution in [2.75, 3.05) is 19.0 Å². The van der Waals surface area contributed by atoms with Gasteiger partial charge in [0.05, 0.1) is 5.69 Å². The maximum Gasteiger partial charge on any atom is 0.135 e. The molecule has 0 bridgehead atoms. The number of carbonyl (C=O) groups excluding carboxylic acids is 1. The molecule has 0 aromatic carbocycles. The van der Waals surface area contributed by atoms with Gasteiger partial charge in [0.25, 0.3) is 0 Å². The number of hydrogen-bond donors (Lipinski definition) is 0. The minimum atomic E-state index is 0.114. The second-order valence-electron chi connectivity index (χ2n) is 3.14. The smallest absolute Gasteiger partial charge is 0.135 e. The number of nitrogens with zero attached hydrogens (tertiary/aromatic N) is 3. The lowest BCUT2D eigenvalue weighted by Gasteiger charge is -2.10. The van der Waals surface area contributed by atoms with Gasteiger partial charge in [0, 0.05) is 26.6 Å². The summed E-state index contributed by atoms with van der Waals surface area (Å²) < 4.78 is 0. The van der Waals surface area contributed by atoms with Gasteiger partial charge < -0.3 is 4.90 Å². The fraction of sp³-hybridized carbons (Fsp3) is 0.444. The fourth-order valence-electron chi connectivity index (χ4n) is 0.982. The van der Waals surface area contributed by atoms with Crippen molar-refractivity contribution in [3.63, 3.8) is 0 Å². The zero-order valence-electron chi connectivity index (χ0n) is 8.11. The Labute approximate surface area is 77.6 Å². The summed E-state index contributed by atoms with van der Waals surface area (Å²) in [5.41, 5.74) is 0.770. The molecule has 0 radical (unpaired) electrons. The second kappa shape index (κ2) is 3.98. The Hall–Kier alpha value is -1.45. The van der Waals surface area contributed by atoms with Crippen LogP contribution in [0.1, 0.15) is 12.6 Å². The van der Waals surface area contributed by atoms with E-state index in [1.165, 1.54) is 6.33 Å². The van der Waals surface area contributed by atoms with Crippen LogP contribution in [0.2, 0.25) is 0 Å². The van der Waals surface area contributed by atoms with E-state index >= 15 is 0 Å². The highest BCUT2D eigenvalue weighted by Crippen LogP contribution is 2.07. The molecule has 1 rings (SSSR count). The van der Waals surface area contributed by atoms with Gasteiger partial charge in [-0.3, -0.25) is 4.79 Å². The Morgan fingerprint density at radius 2 is 2.15 bits per heavy atom. The normalized spacial score (nSPS) is 9.77. The summed E-state index contributed by atoms with van der Waals surface area (Å²) in [5, 5.41) is 0. The fourth-order valence-corrected chi connectivity index (χ4v) is 0.982. The maximum absolute atomic E-state index is 10.8. The molecule has 0 spiro atoms. The molecule has 0 atom stereocenters. The molecule has 0 aliphatic heterocycles. The van der Waals surface area contributed by atoms with E-state index in [2.05, 4.69) is 9.97 Å². The van der Waals surface area contributed by atoms with Crippen LogP contribution in [0.4, 0.5) is 5.82 Å². The minimum Gasteiger partial charge on any atom is -0.363 e. The largest absolute Gasteiger partial charge is 0.363 e. The van der Waals surface area contributed by atoms with Gasteiger partial charge in [-0.2, -0.15) is 0 Å². The average molecular weight is 179 g/mol. The molecule has 0 unspecified atom stereocenters. The molecule has 0 fully saturated rings. The lowest BCUT2D eigenvalue weighted by atomic mass is 10.2. The zero-order chi connectivity index (χ0) is 9.84. The molecule has 0 amide bonds. The Bertz CT molecular complexity index is 309. The van der Waals surface area contributed by atoms with Crippen molar-refractivity contribution in [3.05, 3.63) is 18.1 Å². The summed E-state index contributed by atoms with van der Waals surface area (Å²) in [5.74, 6) is 0.939. The first kappa shape index (κ1) is 9.64. The summed E-state index contributed by atoms with van der Waals surface area (Å²) in [6, 6.07) is 1.82. The highest BCUT2D eigenvalue weighted by Gasteiger charge is 2.02. The highest BCUT2D eigenvalue weighted by atomic mass is 16.1. The Balaban J connectivity index is 2.85. The molecule has 1 aromatic rings. The second-order valence-corrected chi connectivity index (χ2v) is 3.14. The number of ketones is 1. The SMILES string of the molecule is CC(=O)Cc1cc(N(C)C)ncn1. The molecule has 13 heavy (non-hydrogen) atoms. The molecule has 4 heteroatoms. The van der Waals surface area contributed by atoms with Crippen LogP contribution >= 0.6 is 0 Å². The van der Waals surface area contributed by atoms with Crippen molar-refractivity contribution in [1.82, 2.24) is 9.97 Å². The van der Waals surface area contributed by atoms with E-state index in [-0.39, 0.29) is 5.78 Å². The summed E-state index contributed by atoms with van der Waals surface area (Å²) in [7, 11) is 3.81. The van der Waals surface area contributed by atoms with Gasteiger partial charge in [-0.05, 0) is 6.92 Å². The van der Waals surface area contributed by atoms with Crippen molar-refractivity contribution >= 4 is 11.6 Å². The van der Waals surface area contributed by atoms with Gasteiger partial charge in [-0.1, -0.05) is 0 Å². The van der Waals surface area contributed by atoms with E-state index in [0.717, 1.165) is 11.5 Å². The van der Waals surface area contributed by atoms with E-state index in [1.54, 1.807) is 6.92 Å². The van der Waals surface area contributed by atoms with Crippen LogP contribution in [-0.4, -0.2) is 29.8 Å². The summed E-state index contributed by atoms with van der Waals surface area (Å²) in [6.45, 7) is 1.55. The number of rotatable bonds is 3. The number of aromatic nitrogens is 2. The van der Waals surface area contributed by atoms with Gasteiger partial charge in [-0.25, -0.2) is 9.97 Å².